The lowest BCUT2D eigenvalue weighted by atomic mass is 10.2. The van der Waals surface area contributed by atoms with Crippen molar-refractivity contribution >= 4 is 10.0 Å². The highest BCUT2D eigenvalue weighted by Gasteiger charge is 2.26. The van der Waals surface area contributed by atoms with Crippen molar-refractivity contribution in [1.29, 1.82) is 0 Å². The van der Waals surface area contributed by atoms with Gasteiger partial charge in [-0.25, -0.2) is 8.42 Å². The second kappa shape index (κ2) is 7.24. The van der Waals surface area contributed by atoms with E-state index in [4.69, 9.17) is 4.74 Å². The van der Waals surface area contributed by atoms with E-state index < -0.39 is 10.0 Å². The van der Waals surface area contributed by atoms with Crippen molar-refractivity contribution in [2.75, 3.05) is 14.2 Å². The lowest BCUT2D eigenvalue weighted by Gasteiger charge is -2.22. The summed E-state index contributed by atoms with van der Waals surface area (Å²) in [4.78, 5) is 0.203. The normalized spacial score (nSPS) is 12.4. The molecule has 0 aliphatic heterocycles. The fourth-order valence-electron chi connectivity index (χ4n) is 1.79. The van der Waals surface area contributed by atoms with Crippen LogP contribution in [0.5, 0.6) is 5.75 Å². The average molecular weight is 314 g/mol. The Morgan fingerprint density at radius 1 is 1.24 bits per heavy atom. The summed E-state index contributed by atoms with van der Waals surface area (Å²) in [6.07, 6.45) is 0. The average Bonchev–Trinajstić information content (AvgIpc) is 2.43. The summed E-state index contributed by atoms with van der Waals surface area (Å²) in [5.41, 5.74) is 0.992. The van der Waals surface area contributed by atoms with E-state index in [2.05, 4.69) is 19.2 Å². The quantitative estimate of drug-likeness (QED) is 0.838. The molecule has 0 saturated heterocycles. The van der Waals surface area contributed by atoms with Gasteiger partial charge in [0.15, 0.2) is 0 Å². The Bertz CT molecular complexity index is 568. The van der Waals surface area contributed by atoms with E-state index in [0.717, 1.165) is 5.56 Å². The molecule has 21 heavy (non-hydrogen) atoms. The molecule has 6 heteroatoms. The number of benzene rings is 1. The van der Waals surface area contributed by atoms with Gasteiger partial charge < -0.3 is 10.1 Å². The van der Waals surface area contributed by atoms with Crippen molar-refractivity contribution in [3.8, 4) is 5.75 Å². The number of sulfonamides is 1. The molecular weight excluding hydrogens is 288 g/mol. The topological polar surface area (TPSA) is 58.6 Å². The molecule has 1 rings (SSSR count). The van der Waals surface area contributed by atoms with Crippen molar-refractivity contribution < 1.29 is 13.2 Å². The summed E-state index contributed by atoms with van der Waals surface area (Å²) in [6, 6.07) is 5.47. The fraction of sp³-hybridized carbons (Fsp3) is 0.600. The molecule has 0 saturated carbocycles. The molecule has 0 spiro atoms. The van der Waals surface area contributed by atoms with Gasteiger partial charge in [0.1, 0.15) is 10.6 Å². The summed E-state index contributed by atoms with van der Waals surface area (Å²) in [5.74, 6) is 0.380. The highest BCUT2D eigenvalue weighted by Crippen LogP contribution is 2.28. The summed E-state index contributed by atoms with van der Waals surface area (Å²) in [6.45, 7) is 8.48. The maximum absolute atomic E-state index is 12.6. The minimum Gasteiger partial charge on any atom is -0.495 e. The van der Waals surface area contributed by atoms with E-state index in [-0.39, 0.29) is 10.9 Å². The van der Waals surface area contributed by atoms with Crippen LogP contribution < -0.4 is 10.1 Å². The third-order valence-corrected chi connectivity index (χ3v) is 5.40. The first-order chi connectivity index (χ1) is 9.70. The zero-order valence-corrected chi connectivity index (χ0v) is 14.5. The largest absolute Gasteiger partial charge is 0.495 e. The van der Waals surface area contributed by atoms with Gasteiger partial charge in [-0.1, -0.05) is 19.9 Å². The SMILES string of the molecule is COc1cc(CNC(C)C)ccc1S(=O)(=O)N(C)C(C)C. The van der Waals surface area contributed by atoms with Gasteiger partial charge >= 0.3 is 0 Å². The van der Waals surface area contributed by atoms with Crippen LogP contribution in [0, 0.1) is 0 Å². The van der Waals surface area contributed by atoms with Gasteiger partial charge in [-0.05, 0) is 31.5 Å². The van der Waals surface area contributed by atoms with Crippen LogP contribution in [0.1, 0.15) is 33.3 Å². The van der Waals surface area contributed by atoms with Gasteiger partial charge in [0.2, 0.25) is 10.0 Å². The molecule has 1 aromatic rings. The van der Waals surface area contributed by atoms with Crippen LogP contribution in [-0.4, -0.2) is 39.0 Å². The Morgan fingerprint density at radius 3 is 2.33 bits per heavy atom. The molecule has 0 amide bonds. The zero-order chi connectivity index (χ0) is 16.2. The van der Waals surface area contributed by atoms with E-state index in [1.165, 1.54) is 11.4 Å². The van der Waals surface area contributed by atoms with Gasteiger partial charge in [0, 0.05) is 25.7 Å². The van der Waals surface area contributed by atoms with Crippen LogP contribution in [0.3, 0.4) is 0 Å². The van der Waals surface area contributed by atoms with Crippen molar-refractivity contribution in [2.24, 2.45) is 0 Å². The van der Waals surface area contributed by atoms with Gasteiger partial charge in [-0.15, -0.1) is 0 Å². The Hall–Kier alpha value is -1.11. The number of nitrogens with one attached hydrogen (secondary N) is 1. The Labute approximate surface area is 128 Å². The first-order valence-corrected chi connectivity index (χ1v) is 8.52. The van der Waals surface area contributed by atoms with E-state index in [1.807, 2.05) is 19.9 Å². The Kier molecular flexibility index (Phi) is 6.19. The Morgan fingerprint density at radius 2 is 1.86 bits per heavy atom. The first kappa shape index (κ1) is 17.9. The molecule has 0 fully saturated rings. The molecule has 5 nitrogen and oxygen atoms in total. The van der Waals surface area contributed by atoms with Gasteiger partial charge in [-0.2, -0.15) is 4.31 Å². The molecule has 0 heterocycles. The van der Waals surface area contributed by atoms with Crippen LogP contribution in [0.15, 0.2) is 23.1 Å². The molecule has 0 bridgehead atoms. The van der Waals surface area contributed by atoms with Crippen molar-refractivity contribution in [2.45, 2.75) is 51.2 Å². The van der Waals surface area contributed by atoms with E-state index >= 15 is 0 Å². The molecular formula is C15H26N2O3S. The summed E-state index contributed by atoms with van der Waals surface area (Å²) >= 11 is 0. The molecule has 0 aromatic heterocycles. The number of hydrogen-bond donors (Lipinski definition) is 1. The number of hydrogen-bond acceptors (Lipinski definition) is 4. The molecule has 0 aliphatic carbocycles. The van der Waals surface area contributed by atoms with Crippen molar-refractivity contribution in [3.63, 3.8) is 0 Å². The predicted molar refractivity (Wildman–Crippen MR) is 85.1 cm³/mol. The van der Waals surface area contributed by atoms with Gasteiger partial charge in [0.05, 0.1) is 7.11 Å². The van der Waals surface area contributed by atoms with Crippen LogP contribution in [0.25, 0.3) is 0 Å². The smallest absolute Gasteiger partial charge is 0.246 e. The Balaban J connectivity index is 3.15. The van der Waals surface area contributed by atoms with Gasteiger partial charge in [-0.3, -0.25) is 0 Å². The second-order valence-corrected chi connectivity index (χ2v) is 7.60. The molecule has 1 aromatic carbocycles. The lowest BCUT2D eigenvalue weighted by molar-refractivity contribution is 0.387. The van der Waals surface area contributed by atoms with Gasteiger partial charge in [0.25, 0.3) is 0 Å². The summed E-state index contributed by atoms with van der Waals surface area (Å²) in [5, 5.41) is 3.30. The first-order valence-electron chi connectivity index (χ1n) is 7.08. The third-order valence-electron chi connectivity index (χ3n) is 3.33. The fourth-order valence-corrected chi connectivity index (χ4v) is 3.29. The summed E-state index contributed by atoms with van der Waals surface area (Å²) < 4.78 is 31.7. The molecule has 1 N–H and O–H groups in total. The minimum atomic E-state index is -3.54. The monoisotopic (exact) mass is 314 g/mol. The van der Waals surface area contributed by atoms with Crippen molar-refractivity contribution in [1.82, 2.24) is 9.62 Å². The molecule has 0 atom stereocenters. The van der Waals surface area contributed by atoms with E-state index in [0.29, 0.717) is 18.3 Å². The molecule has 0 unspecified atom stereocenters. The predicted octanol–water partition coefficient (Wildman–Crippen LogP) is 2.22. The standard InChI is InChI=1S/C15H26N2O3S/c1-11(2)16-10-13-7-8-15(14(9-13)20-6)21(18,19)17(5)12(3)4/h7-9,11-12,16H,10H2,1-6H3. The second-order valence-electron chi connectivity index (χ2n) is 5.64. The summed E-state index contributed by atoms with van der Waals surface area (Å²) in [7, 11) is -0.475. The van der Waals surface area contributed by atoms with Crippen LogP contribution in [-0.2, 0) is 16.6 Å². The zero-order valence-electron chi connectivity index (χ0n) is 13.7. The number of ether oxygens (including phenoxy) is 1. The molecule has 0 aliphatic rings. The van der Waals surface area contributed by atoms with Crippen LogP contribution in [0.2, 0.25) is 0 Å². The maximum Gasteiger partial charge on any atom is 0.246 e. The van der Waals surface area contributed by atoms with Crippen LogP contribution >= 0.6 is 0 Å². The van der Waals surface area contributed by atoms with Crippen molar-refractivity contribution in [3.05, 3.63) is 23.8 Å². The van der Waals surface area contributed by atoms with Crippen LogP contribution in [0.4, 0.5) is 0 Å². The highest BCUT2D eigenvalue weighted by molar-refractivity contribution is 7.89. The molecule has 0 radical (unpaired) electrons. The number of nitrogens with zero attached hydrogens (tertiary/aromatic N) is 1. The number of methoxy groups -OCH3 is 1. The van der Waals surface area contributed by atoms with E-state index in [1.54, 1.807) is 19.2 Å². The van der Waals surface area contributed by atoms with E-state index in [9.17, 15) is 8.42 Å². The molecule has 120 valence electrons. The minimum absolute atomic E-state index is 0.109. The lowest BCUT2D eigenvalue weighted by Crippen LogP contribution is -2.33. The maximum atomic E-state index is 12.6. The third kappa shape index (κ3) is 4.43. The number of rotatable bonds is 7. The highest BCUT2D eigenvalue weighted by atomic mass is 32.2.